The van der Waals surface area contributed by atoms with Gasteiger partial charge in [0.25, 0.3) is 0 Å². The fourth-order valence-corrected chi connectivity index (χ4v) is 2.18. The lowest BCUT2D eigenvalue weighted by Gasteiger charge is -2.33. The molecule has 6 heteroatoms. The summed E-state index contributed by atoms with van der Waals surface area (Å²) < 4.78 is 11.0. The Morgan fingerprint density at radius 1 is 1.30 bits per heavy atom. The van der Waals surface area contributed by atoms with Crippen LogP contribution in [0.3, 0.4) is 0 Å². The van der Waals surface area contributed by atoms with Crippen molar-refractivity contribution in [2.45, 2.75) is 53.1 Å². The van der Waals surface area contributed by atoms with Crippen LogP contribution in [0.15, 0.2) is 18.6 Å². The van der Waals surface area contributed by atoms with Gasteiger partial charge < -0.3 is 14.4 Å². The first-order chi connectivity index (χ1) is 10.9. The minimum Gasteiger partial charge on any atom is -0.477 e. The largest absolute Gasteiger partial charge is 0.477 e. The summed E-state index contributed by atoms with van der Waals surface area (Å²) in [5, 5.41) is 0. The molecule has 0 bridgehead atoms. The van der Waals surface area contributed by atoms with Gasteiger partial charge in [0.2, 0.25) is 5.88 Å². The van der Waals surface area contributed by atoms with E-state index in [1.165, 1.54) is 6.33 Å². The summed E-state index contributed by atoms with van der Waals surface area (Å²) >= 11 is 0. The number of hydrogen-bond donors (Lipinski definition) is 0. The van der Waals surface area contributed by atoms with Gasteiger partial charge in [-0.15, -0.1) is 0 Å². The van der Waals surface area contributed by atoms with Crippen molar-refractivity contribution >= 4 is 6.09 Å². The van der Waals surface area contributed by atoms with E-state index in [9.17, 15) is 4.79 Å². The van der Waals surface area contributed by atoms with E-state index in [-0.39, 0.29) is 6.09 Å². The third-order valence-corrected chi connectivity index (χ3v) is 3.29. The first-order valence-electron chi connectivity index (χ1n) is 8.31. The zero-order valence-corrected chi connectivity index (χ0v) is 14.9. The van der Waals surface area contributed by atoms with E-state index >= 15 is 0 Å². The Kier molecular flexibility index (Phi) is 7.78. The monoisotopic (exact) mass is 323 g/mol. The SMILES string of the molecule is CC.CC(C)(C)OC(=O)N1CCC(COc2ccncn2)CC1. The van der Waals surface area contributed by atoms with Crippen LogP contribution < -0.4 is 4.74 Å². The number of likely N-dealkylation sites (tertiary alicyclic amines) is 1. The lowest BCUT2D eigenvalue weighted by atomic mass is 9.98. The minimum atomic E-state index is -0.440. The second kappa shape index (κ2) is 9.33. The first-order valence-corrected chi connectivity index (χ1v) is 8.31. The normalized spacial score (nSPS) is 15.4. The maximum absolute atomic E-state index is 12.0. The maximum Gasteiger partial charge on any atom is 0.410 e. The van der Waals surface area contributed by atoms with Gasteiger partial charge in [-0.1, -0.05) is 13.8 Å². The summed E-state index contributed by atoms with van der Waals surface area (Å²) in [6, 6.07) is 1.75. The number of piperidine rings is 1. The van der Waals surface area contributed by atoms with Crippen LogP contribution in [0, 0.1) is 5.92 Å². The molecule has 2 heterocycles. The van der Waals surface area contributed by atoms with Gasteiger partial charge in [-0.3, -0.25) is 0 Å². The molecule has 0 N–H and O–H groups in total. The molecule has 23 heavy (non-hydrogen) atoms. The zero-order valence-electron chi connectivity index (χ0n) is 14.9. The summed E-state index contributed by atoms with van der Waals surface area (Å²) in [4.78, 5) is 21.6. The van der Waals surface area contributed by atoms with Crippen LogP contribution in [-0.4, -0.2) is 46.3 Å². The van der Waals surface area contributed by atoms with Gasteiger partial charge in [0.05, 0.1) is 6.61 Å². The van der Waals surface area contributed by atoms with Crippen LogP contribution in [-0.2, 0) is 4.74 Å². The quantitative estimate of drug-likeness (QED) is 0.851. The summed E-state index contributed by atoms with van der Waals surface area (Å²) in [6.07, 6.45) is 4.75. The van der Waals surface area contributed by atoms with Gasteiger partial charge in [-0.05, 0) is 39.5 Å². The maximum atomic E-state index is 12.0. The van der Waals surface area contributed by atoms with Gasteiger partial charge in [0, 0.05) is 25.4 Å². The van der Waals surface area contributed by atoms with E-state index in [2.05, 4.69) is 9.97 Å². The van der Waals surface area contributed by atoms with E-state index in [0.29, 0.717) is 31.5 Å². The molecule has 6 nitrogen and oxygen atoms in total. The Hall–Kier alpha value is -1.85. The molecular formula is C17H29N3O3. The molecule has 1 aliphatic rings. The number of ether oxygens (including phenoxy) is 2. The van der Waals surface area contributed by atoms with Crippen LogP contribution in [0.25, 0.3) is 0 Å². The van der Waals surface area contributed by atoms with Gasteiger partial charge in [0.1, 0.15) is 11.9 Å². The van der Waals surface area contributed by atoms with Gasteiger partial charge in [0.15, 0.2) is 0 Å². The van der Waals surface area contributed by atoms with E-state index in [1.54, 1.807) is 17.2 Å². The Labute approximate surface area is 139 Å². The van der Waals surface area contributed by atoms with Crippen LogP contribution >= 0.6 is 0 Å². The number of amides is 1. The molecule has 1 amide bonds. The molecule has 1 aliphatic heterocycles. The minimum absolute atomic E-state index is 0.224. The average Bonchev–Trinajstić information content (AvgIpc) is 2.55. The second-order valence-electron chi connectivity index (χ2n) is 6.27. The average molecular weight is 323 g/mol. The Morgan fingerprint density at radius 2 is 1.96 bits per heavy atom. The zero-order chi connectivity index (χ0) is 17.3. The number of nitrogens with zero attached hydrogens (tertiary/aromatic N) is 3. The Bertz CT molecular complexity index is 452. The molecule has 0 radical (unpaired) electrons. The van der Waals surface area contributed by atoms with Crippen molar-refractivity contribution in [3.63, 3.8) is 0 Å². The highest BCUT2D eigenvalue weighted by molar-refractivity contribution is 5.68. The molecule has 0 unspecified atom stereocenters. The smallest absolute Gasteiger partial charge is 0.410 e. The predicted octanol–water partition coefficient (Wildman–Crippen LogP) is 3.53. The molecule has 1 aromatic heterocycles. The Balaban J connectivity index is 0.00000127. The van der Waals surface area contributed by atoms with Crippen LogP contribution in [0.1, 0.15) is 47.5 Å². The van der Waals surface area contributed by atoms with Gasteiger partial charge in [-0.25, -0.2) is 14.8 Å². The highest BCUT2D eigenvalue weighted by Crippen LogP contribution is 2.20. The fraction of sp³-hybridized carbons (Fsp3) is 0.706. The second-order valence-corrected chi connectivity index (χ2v) is 6.27. The fourth-order valence-electron chi connectivity index (χ4n) is 2.18. The first kappa shape index (κ1) is 19.2. The lowest BCUT2D eigenvalue weighted by Crippen LogP contribution is -2.42. The molecule has 1 saturated heterocycles. The standard InChI is InChI=1S/C15H23N3O3.C2H6/c1-15(2,3)21-14(19)18-8-5-12(6-9-18)10-20-13-4-7-16-11-17-13;1-2/h4,7,11-12H,5-6,8-10H2,1-3H3;1-2H3. The van der Waals surface area contributed by atoms with Crippen molar-refractivity contribution in [3.8, 4) is 5.88 Å². The molecule has 2 rings (SSSR count). The van der Waals surface area contributed by atoms with Crippen molar-refractivity contribution in [3.05, 3.63) is 18.6 Å². The molecule has 0 aliphatic carbocycles. The third-order valence-electron chi connectivity index (χ3n) is 3.29. The van der Waals surface area contributed by atoms with Gasteiger partial charge in [-0.2, -0.15) is 0 Å². The summed E-state index contributed by atoms with van der Waals surface area (Å²) in [6.45, 7) is 11.7. The van der Waals surface area contributed by atoms with Crippen molar-refractivity contribution in [2.24, 2.45) is 5.92 Å². The molecular weight excluding hydrogens is 294 g/mol. The number of hydrogen-bond acceptors (Lipinski definition) is 5. The van der Waals surface area contributed by atoms with E-state index in [1.807, 2.05) is 34.6 Å². The number of aromatic nitrogens is 2. The Morgan fingerprint density at radius 3 is 2.48 bits per heavy atom. The molecule has 0 atom stereocenters. The van der Waals surface area contributed by atoms with Crippen molar-refractivity contribution in [1.29, 1.82) is 0 Å². The van der Waals surface area contributed by atoms with Crippen LogP contribution in [0.2, 0.25) is 0 Å². The molecule has 1 fully saturated rings. The molecule has 130 valence electrons. The van der Waals surface area contributed by atoms with Crippen LogP contribution in [0.5, 0.6) is 5.88 Å². The highest BCUT2D eigenvalue weighted by Gasteiger charge is 2.27. The molecule has 0 spiro atoms. The van der Waals surface area contributed by atoms with Gasteiger partial charge >= 0.3 is 6.09 Å². The summed E-state index contributed by atoms with van der Waals surface area (Å²) in [5.41, 5.74) is -0.440. The summed E-state index contributed by atoms with van der Waals surface area (Å²) in [7, 11) is 0. The number of carbonyl (C=O) groups excluding carboxylic acids is 1. The topological polar surface area (TPSA) is 64.5 Å². The third kappa shape index (κ3) is 7.30. The highest BCUT2D eigenvalue weighted by atomic mass is 16.6. The van der Waals surface area contributed by atoms with E-state index in [4.69, 9.17) is 9.47 Å². The molecule has 0 aromatic carbocycles. The predicted molar refractivity (Wildman–Crippen MR) is 89.4 cm³/mol. The number of rotatable bonds is 3. The summed E-state index contributed by atoms with van der Waals surface area (Å²) in [5.74, 6) is 1.04. The van der Waals surface area contributed by atoms with Crippen molar-refractivity contribution in [1.82, 2.24) is 14.9 Å². The molecule has 0 saturated carbocycles. The van der Waals surface area contributed by atoms with E-state index in [0.717, 1.165) is 12.8 Å². The van der Waals surface area contributed by atoms with E-state index < -0.39 is 5.60 Å². The lowest BCUT2D eigenvalue weighted by molar-refractivity contribution is 0.0164. The number of carbonyl (C=O) groups is 1. The molecule has 1 aromatic rings. The van der Waals surface area contributed by atoms with Crippen molar-refractivity contribution < 1.29 is 14.3 Å². The van der Waals surface area contributed by atoms with Crippen LogP contribution in [0.4, 0.5) is 4.79 Å². The van der Waals surface area contributed by atoms with Crippen molar-refractivity contribution in [2.75, 3.05) is 19.7 Å².